The summed E-state index contributed by atoms with van der Waals surface area (Å²) in [5.74, 6) is -3.56. The van der Waals surface area contributed by atoms with Gasteiger partial charge in [-0.1, -0.05) is 18.2 Å². The molecule has 0 fully saturated rings. The largest absolute Gasteiger partial charge is 0.322 e. The van der Waals surface area contributed by atoms with Crippen LogP contribution in [0, 0.1) is 13.8 Å². The van der Waals surface area contributed by atoms with Crippen LogP contribution in [-0.4, -0.2) is 15.5 Å². The molecule has 0 aliphatic heterocycles. The Morgan fingerprint density at radius 1 is 1.03 bits per heavy atom. The van der Waals surface area contributed by atoms with Crippen LogP contribution in [0.1, 0.15) is 34.1 Å². The first-order valence-corrected chi connectivity index (χ1v) is 10.4. The van der Waals surface area contributed by atoms with Crippen molar-refractivity contribution in [1.29, 1.82) is 0 Å². The molecule has 1 amide bonds. The second-order valence-corrected chi connectivity index (χ2v) is 8.26. The van der Waals surface area contributed by atoms with Crippen LogP contribution >= 0.6 is 0 Å². The zero-order valence-electron chi connectivity index (χ0n) is 18.7. The van der Waals surface area contributed by atoms with E-state index >= 15 is 0 Å². The number of hydrogen-bond donors (Lipinski definition) is 1. The standard InChI is InChI=1S/C26H23F2N3O2/c1-15-8-9-20(30-24(32)17-6-5-7-19(11-17)26(3,27)28)13-21(15)22-12-18-14-29-16(2)10-23(18)31(4)25(22)33/h5-14H,1-4H3,(H,30,32). The number of pyridine rings is 2. The van der Waals surface area contributed by atoms with Gasteiger partial charge in [-0.15, -0.1) is 0 Å². The highest BCUT2D eigenvalue weighted by atomic mass is 19.3. The minimum Gasteiger partial charge on any atom is -0.322 e. The molecule has 0 saturated carbocycles. The number of aromatic nitrogens is 2. The Bertz CT molecular complexity index is 1450. The smallest absolute Gasteiger partial charge is 0.270 e. The summed E-state index contributed by atoms with van der Waals surface area (Å²) >= 11 is 0. The number of nitrogens with zero attached hydrogens (tertiary/aromatic N) is 2. The lowest BCUT2D eigenvalue weighted by Gasteiger charge is -2.14. The summed E-state index contributed by atoms with van der Waals surface area (Å²) in [7, 11) is 1.71. The maximum Gasteiger partial charge on any atom is 0.270 e. The molecular formula is C26H23F2N3O2. The van der Waals surface area contributed by atoms with Gasteiger partial charge in [0.25, 0.3) is 17.4 Å². The highest BCUT2D eigenvalue weighted by molar-refractivity contribution is 6.04. The van der Waals surface area contributed by atoms with Crippen molar-refractivity contribution >= 4 is 22.5 Å². The molecule has 33 heavy (non-hydrogen) atoms. The lowest BCUT2D eigenvalue weighted by atomic mass is 9.99. The summed E-state index contributed by atoms with van der Waals surface area (Å²) in [5, 5.41) is 3.57. The lowest BCUT2D eigenvalue weighted by molar-refractivity contribution is 0.0174. The van der Waals surface area contributed by atoms with Crippen molar-refractivity contribution in [3.63, 3.8) is 0 Å². The topological polar surface area (TPSA) is 64.0 Å². The number of benzene rings is 2. The van der Waals surface area contributed by atoms with Crippen molar-refractivity contribution in [3.8, 4) is 11.1 Å². The Labute approximate surface area is 189 Å². The van der Waals surface area contributed by atoms with Gasteiger partial charge in [0.2, 0.25) is 0 Å². The van der Waals surface area contributed by atoms with E-state index < -0.39 is 11.8 Å². The fraction of sp³-hybridized carbons (Fsp3) is 0.192. The first-order chi connectivity index (χ1) is 15.5. The minimum absolute atomic E-state index is 0.124. The number of carbonyl (C=O) groups is 1. The molecule has 4 rings (SSSR count). The monoisotopic (exact) mass is 447 g/mol. The van der Waals surface area contributed by atoms with E-state index in [-0.39, 0.29) is 16.7 Å². The second-order valence-electron chi connectivity index (χ2n) is 8.26. The maximum absolute atomic E-state index is 13.6. The van der Waals surface area contributed by atoms with Gasteiger partial charge in [0.05, 0.1) is 5.52 Å². The van der Waals surface area contributed by atoms with Gasteiger partial charge in [0.1, 0.15) is 0 Å². The molecule has 1 N–H and O–H groups in total. The molecule has 0 unspecified atom stereocenters. The fourth-order valence-corrected chi connectivity index (χ4v) is 3.78. The van der Waals surface area contributed by atoms with Crippen LogP contribution in [0.4, 0.5) is 14.5 Å². The van der Waals surface area contributed by atoms with Gasteiger partial charge >= 0.3 is 0 Å². The first-order valence-electron chi connectivity index (χ1n) is 10.4. The van der Waals surface area contributed by atoms with Gasteiger partial charge in [-0.3, -0.25) is 14.6 Å². The van der Waals surface area contributed by atoms with E-state index in [0.29, 0.717) is 16.8 Å². The molecule has 0 radical (unpaired) electrons. The van der Waals surface area contributed by atoms with E-state index in [2.05, 4.69) is 10.3 Å². The van der Waals surface area contributed by atoms with E-state index in [1.54, 1.807) is 42.1 Å². The molecule has 7 heteroatoms. The number of rotatable bonds is 4. The molecule has 0 spiro atoms. The molecule has 0 aliphatic rings. The molecule has 5 nitrogen and oxygen atoms in total. The fourth-order valence-electron chi connectivity index (χ4n) is 3.78. The van der Waals surface area contributed by atoms with E-state index in [1.165, 1.54) is 24.3 Å². The summed E-state index contributed by atoms with van der Waals surface area (Å²) < 4.78 is 28.9. The highest BCUT2D eigenvalue weighted by Crippen LogP contribution is 2.29. The number of anilines is 1. The van der Waals surface area contributed by atoms with E-state index in [4.69, 9.17) is 0 Å². The third-order valence-corrected chi connectivity index (χ3v) is 5.66. The van der Waals surface area contributed by atoms with Gasteiger partial charge in [-0.2, -0.15) is 0 Å². The molecule has 0 atom stereocenters. The van der Waals surface area contributed by atoms with Crippen LogP contribution in [0.5, 0.6) is 0 Å². The van der Waals surface area contributed by atoms with Crippen LogP contribution in [0.3, 0.4) is 0 Å². The average molecular weight is 447 g/mol. The van der Waals surface area contributed by atoms with Gasteiger partial charge in [0.15, 0.2) is 0 Å². The van der Waals surface area contributed by atoms with Crippen LogP contribution in [0.15, 0.2) is 65.6 Å². The minimum atomic E-state index is -3.04. The lowest BCUT2D eigenvalue weighted by Crippen LogP contribution is -2.19. The third kappa shape index (κ3) is 4.39. The Morgan fingerprint density at radius 3 is 2.52 bits per heavy atom. The number of alkyl halides is 2. The molecule has 2 aromatic heterocycles. The first kappa shape index (κ1) is 22.3. The highest BCUT2D eigenvalue weighted by Gasteiger charge is 2.25. The van der Waals surface area contributed by atoms with Gasteiger partial charge in [-0.25, -0.2) is 8.78 Å². The third-order valence-electron chi connectivity index (χ3n) is 5.66. The predicted octanol–water partition coefficient (Wildman–Crippen LogP) is 5.58. The number of amides is 1. The normalized spacial score (nSPS) is 11.6. The summed E-state index contributed by atoms with van der Waals surface area (Å²) in [6.45, 7) is 4.54. The number of halogens is 2. The summed E-state index contributed by atoms with van der Waals surface area (Å²) in [4.78, 5) is 30.2. The van der Waals surface area contributed by atoms with E-state index in [9.17, 15) is 18.4 Å². The molecule has 0 aliphatic carbocycles. The Kier molecular flexibility index (Phi) is 5.57. The molecule has 2 heterocycles. The zero-order valence-corrected chi connectivity index (χ0v) is 18.7. The van der Waals surface area contributed by atoms with Crippen molar-refractivity contribution in [3.05, 3.63) is 93.5 Å². The van der Waals surface area contributed by atoms with Crippen LogP contribution < -0.4 is 10.9 Å². The molecule has 4 aromatic rings. The SMILES string of the molecule is Cc1cc2c(cn1)cc(-c1cc(NC(=O)c3cccc(C(C)(F)F)c3)ccc1C)c(=O)n2C. The summed E-state index contributed by atoms with van der Waals surface area (Å²) in [6.07, 6.45) is 1.73. The number of fused-ring (bicyclic) bond motifs is 1. The van der Waals surface area contributed by atoms with Crippen molar-refractivity contribution in [2.24, 2.45) is 7.05 Å². The van der Waals surface area contributed by atoms with Crippen molar-refractivity contribution in [2.45, 2.75) is 26.7 Å². The Hall–Kier alpha value is -3.87. The quantitative estimate of drug-likeness (QED) is 0.444. The molecule has 2 aromatic carbocycles. The van der Waals surface area contributed by atoms with E-state index in [1.807, 2.05) is 19.9 Å². The Morgan fingerprint density at radius 2 is 1.79 bits per heavy atom. The molecule has 0 saturated heterocycles. The van der Waals surface area contributed by atoms with Gasteiger partial charge in [-0.05, 0) is 61.4 Å². The van der Waals surface area contributed by atoms with E-state index in [0.717, 1.165) is 29.1 Å². The molecular weight excluding hydrogens is 424 g/mol. The summed E-state index contributed by atoms with van der Waals surface area (Å²) in [5.41, 5.74) is 3.79. The molecule has 0 bridgehead atoms. The number of nitrogens with one attached hydrogen (secondary N) is 1. The Balaban J connectivity index is 1.73. The average Bonchev–Trinajstić information content (AvgIpc) is 2.77. The van der Waals surface area contributed by atoms with Crippen LogP contribution in [-0.2, 0) is 13.0 Å². The summed E-state index contributed by atoms with van der Waals surface area (Å²) in [6, 6.07) is 14.3. The number of carbonyl (C=O) groups excluding carboxylic acids is 1. The maximum atomic E-state index is 13.6. The van der Waals surface area contributed by atoms with Crippen molar-refractivity contribution in [1.82, 2.24) is 9.55 Å². The predicted molar refractivity (Wildman–Crippen MR) is 126 cm³/mol. The van der Waals surface area contributed by atoms with Crippen LogP contribution in [0.25, 0.3) is 22.0 Å². The van der Waals surface area contributed by atoms with Crippen molar-refractivity contribution < 1.29 is 13.6 Å². The second kappa shape index (κ2) is 8.24. The molecule has 168 valence electrons. The zero-order chi connectivity index (χ0) is 23.9. The van der Waals surface area contributed by atoms with Crippen molar-refractivity contribution in [2.75, 3.05) is 5.32 Å². The van der Waals surface area contributed by atoms with Gasteiger partial charge < -0.3 is 9.88 Å². The number of hydrogen-bond acceptors (Lipinski definition) is 3. The van der Waals surface area contributed by atoms with Gasteiger partial charge in [0, 0.05) is 53.6 Å². The number of aryl methyl sites for hydroxylation is 3. The van der Waals surface area contributed by atoms with Crippen LogP contribution in [0.2, 0.25) is 0 Å².